The number of rotatable bonds is 9. The van der Waals surface area contributed by atoms with Crippen LogP contribution < -0.4 is 10.1 Å². The summed E-state index contributed by atoms with van der Waals surface area (Å²) in [7, 11) is 0. The van der Waals surface area contributed by atoms with Gasteiger partial charge < -0.3 is 10.1 Å². The lowest BCUT2D eigenvalue weighted by Gasteiger charge is -2.09. The standard InChI is InChI=1S/C21H20F2N4O2S/c1-3-11-27-20(14-5-8-16(9-6-14)29-4-2)25-26-21(27)30-13-19(28)24-18-10-7-15(22)12-17(18)23/h3,5-10,12H,1,4,11,13H2,2H3,(H,24,28). The highest BCUT2D eigenvalue weighted by Gasteiger charge is 2.16. The Hall–Kier alpha value is -3.20. The third-order valence-corrected chi connectivity index (χ3v) is 4.96. The lowest BCUT2D eigenvalue weighted by Crippen LogP contribution is -2.15. The zero-order valence-electron chi connectivity index (χ0n) is 16.3. The van der Waals surface area contributed by atoms with Crippen LogP contribution in [0.2, 0.25) is 0 Å². The van der Waals surface area contributed by atoms with Crippen LogP contribution in [-0.2, 0) is 11.3 Å². The van der Waals surface area contributed by atoms with Crippen LogP contribution in [0.15, 0.2) is 60.3 Å². The van der Waals surface area contributed by atoms with E-state index in [0.29, 0.717) is 30.2 Å². The molecule has 6 nitrogen and oxygen atoms in total. The van der Waals surface area contributed by atoms with Crippen molar-refractivity contribution in [1.29, 1.82) is 0 Å². The van der Waals surface area contributed by atoms with Gasteiger partial charge in [0, 0.05) is 18.2 Å². The second kappa shape index (κ2) is 10.0. The average Bonchev–Trinajstić information content (AvgIpc) is 3.12. The van der Waals surface area contributed by atoms with E-state index >= 15 is 0 Å². The number of carbonyl (C=O) groups excluding carboxylic acids is 1. The van der Waals surface area contributed by atoms with E-state index < -0.39 is 17.5 Å². The number of amides is 1. The smallest absolute Gasteiger partial charge is 0.234 e. The molecule has 1 aromatic heterocycles. The topological polar surface area (TPSA) is 69.0 Å². The van der Waals surface area contributed by atoms with E-state index in [1.807, 2.05) is 35.8 Å². The largest absolute Gasteiger partial charge is 0.494 e. The SMILES string of the molecule is C=CCn1c(SCC(=O)Nc2ccc(F)cc2F)nnc1-c1ccc(OCC)cc1. The number of hydrogen-bond acceptors (Lipinski definition) is 5. The number of allylic oxidation sites excluding steroid dienone is 1. The predicted molar refractivity (Wildman–Crippen MR) is 113 cm³/mol. The van der Waals surface area contributed by atoms with Crippen molar-refractivity contribution >= 4 is 23.4 Å². The van der Waals surface area contributed by atoms with E-state index in [4.69, 9.17) is 4.74 Å². The van der Waals surface area contributed by atoms with Crippen LogP contribution in [-0.4, -0.2) is 33.0 Å². The van der Waals surface area contributed by atoms with Crippen LogP contribution in [0.4, 0.5) is 14.5 Å². The fourth-order valence-electron chi connectivity index (χ4n) is 2.68. The fraction of sp³-hybridized carbons (Fsp3) is 0.190. The summed E-state index contributed by atoms with van der Waals surface area (Å²) >= 11 is 1.16. The molecular weight excluding hydrogens is 410 g/mol. The van der Waals surface area contributed by atoms with E-state index in [1.54, 1.807) is 6.08 Å². The molecular formula is C21H20F2N4O2S. The number of hydrogen-bond donors (Lipinski definition) is 1. The van der Waals surface area contributed by atoms with Gasteiger partial charge in [-0.2, -0.15) is 0 Å². The van der Waals surface area contributed by atoms with Gasteiger partial charge in [-0.1, -0.05) is 17.8 Å². The van der Waals surface area contributed by atoms with Crippen molar-refractivity contribution in [3.63, 3.8) is 0 Å². The van der Waals surface area contributed by atoms with E-state index in [0.717, 1.165) is 29.1 Å². The van der Waals surface area contributed by atoms with Gasteiger partial charge in [0.15, 0.2) is 11.0 Å². The molecule has 0 radical (unpaired) electrons. The van der Waals surface area contributed by atoms with Gasteiger partial charge in [0.25, 0.3) is 0 Å². The second-order valence-corrected chi connectivity index (χ2v) is 7.07. The minimum Gasteiger partial charge on any atom is -0.494 e. The van der Waals surface area contributed by atoms with Crippen LogP contribution in [0.1, 0.15) is 6.92 Å². The van der Waals surface area contributed by atoms with E-state index in [2.05, 4.69) is 22.1 Å². The Balaban J connectivity index is 1.71. The molecule has 156 valence electrons. The maximum atomic E-state index is 13.7. The highest BCUT2D eigenvalue weighted by molar-refractivity contribution is 7.99. The van der Waals surface area contributed by atoms with Gasteiger partial charge in [0.1, 0.15) is 17.4 Å². The van der Waals surface area contributed by atoms with E-state index in [-0.39, 0.29) is 11.4 Å². The molecule has 0 aliphatic heterocycles. The van der Waals surface area contributed by atoms with Crippen LogP contribution in [0.25, 0.3) is 11.4 Å². The summed E-state index contributed by atoms with van der Waals surface area (Å²) in [6.07, 6.45) is 1.71. The number of halogens is 2. The Bertz CT molecular complexity index is 1040. The number of anilines is 1. The Morgan fingerprint density at radius 1 is 1.23 bits per heavy atom. The van der Waals surface area contributed by atoms with Crippen LogP contribution in [0.5, 0.6) is 5.75 Å². The summed E-state index contributed by atoms with van der Waals surface area (Å²) in [5.74, 6) is -0.614. The monoisotopic (exact) mass is 430 g/mol. The summed E-state index contributed by atoms with van der Waals surface area (Å²) in [4.78, 5) is 12.2. The first kappa shape index (κ1) is 21.5. The van der Waals surface area contributed by atoms with Crippen LogP contribution in [0.3, 0.4) is 0 Å². The lowest BCUT2D eigenvalue weighted by atomic mass is 10.2. The quantitative estimate of drug-likeness (QED) is 0.399. The highest BCUT2D eigenvalue weighted by Crippen LogP contribution is 2.26. The van der Waals surface area contributed by atoms with Crippen LogP contribution in [0, 0.1) is 11.6 Å². The third kappa shape index (κ3) is 5.24. The molecule has 3 aromatic rings. The second-order valence-electron chi connectivity index (χ2n) is 6.12. The van der Waals surface area contributed by atoms with Crippen molar-refractivity contribution in [2.45, 2.75) is 18.6 Å². The molecule has 0 spiro atoms. The van der Waals surface area contributed by atoms with Crippen molar-refractivity contribution in [2.75, 3.05) is 17.7 Å². The molecule has 9 heteroatoms. The summed E-state index contributed by atoms with van der Waals surface area (Å²) in [5, 5.41) is 11.4. The average molecular weight is 430 g/mol. The molecule has 0 saturated heterocycles. The minimum absolute atomic E-state index is 0.0185. The molecule has 0 saturated carbocycles. The first-order valence-electron chi connectivity index (χ1n) is 9.16. The molecule has 0 bridgehead atoms. The number of ether oxygens (including phenoxy) is 1. The van der Waals surface area contributed by atoms with Gasteiger partial charge in [-0.3, -0.25) is 9.36 Å². The molecule has 1 amide bonds. The molecule has 0 aliphatic rings. The number of carbonyl (C=O) groups is 1. The van der Waals surface area contributed by atoms with Gasteiger partial charge >= 0.3 is 0 Å². The van der Waals surface area contributed by atoms with Crippen molar-refractivity contribution < 1.29 is 18.3 Å². The zero-order chi connectivity index (χ0) is 21.5. The molecule has 30 heavy (non-hydrogen) atoms. The van der Waals surface area contributed by atoms with Gasteiger partial charge in [-0.05, 0) is 43.3 Å². The van der Waals surface area contributed by atoms with Gasteiger partial charge in [-0.25, -0.2) is 8.78 Å². The van der Waals surface area contributed by atoms with E-state index in [9.17, 15) is 13.6 Å². The molecule has 0 aliphatic carbocycles. The number of nitrogens with zero attached hydrogens (tertiary/aromatic N) is 3. The molecule has 0 unspecified atom stereocenters. The molecule has 0 fully saturated rings. The van der Waals surface area contributed by atoms with Gasteiger partial charge in [0.2, 0.25) is 5.91 Å². The maximum absolute atomic E-state index is 13.7. The number of nitrogens with one attached hydrogen (secondary N) is 1. The van der Waals surface area contributed by atoms with Crippen LogP contribution >= 0.6 is 11.8 Å². The van der Waals surface area contributed by atoms with Crippen molar-refractivity contribution in [3.05, 3.63) is 66.8 Å². The summed E-state index contributed by atoms with van der Waals surface area (Å²) in [6.45, 7) is 6.71. The van der Waals surface area contributed by atoms with Crippen molar-refractivity contribution in [2.24, 2.45) is 0 Å². The predicted octanol–water partition coefficient (Wildman–Crippen LogP) is 4.54. The first-order chi connectivity index (χ1) is 14.5. The fourth-order valence-corrected chi connectivity index (χ4v) is 3.42. The first-order valence-corrected chi connectivity index (χ1v) is 10.2. The molecule has 0 atom stereocenters. The molecule has 2 aromatic carbocycles. The highest BCUT2D eigenvalue weighted by atomic mass is 32.2. The minimum atomic E-state index is -0.832. The number of aromatic nitrogens is 3. The lowest BCUT2D eigenvalue weighted by molar-refractivity contribution is -0.113. The summed E-state index contributed by atoms with van der Waals surface area (Å²) in [5.41, 5.74) is 0.766. The molecule has 1 N–H and O–H groups in total. The molecule has 3 rings (SSSR count). The number of benzene rings is 2. The Kier molecular flexibility index (Phi) is 7.18. The Morgan fingerprint density at radius 2 is 2.00 bits per heavy atom. The van der Waals surface area contributed by atoms with Gasteiger partial charge in [-0.15, -0.1) is 16.8 Å². The Morgan fingerprint density at radius 3 is 2.67 bits per heavy atom. The van der Waals surface area contributed by atoms with Gasteiger partial charge in [0.05, 0.1) is 18.0 Å². The molecule has 1 heterocycles. The third-order valence-electron chi connectivity index (χ3n) is 3.99. The van der Waals surface area contributed by atoms with E-state index in [1.165, 1.54) is 6.07 Å². The summed E-state index contributed by atoms with van der Waals surface area (Å²) in [6, 6.07) is 10.4. The Labute approximate surface area is 177 Å². The van der Waals surface area contributed by atoms with Crippen molar-refractivity contribution in [1.82, 2.24) is 14.8 Å². The normalized spacial score (nSPS) is 10.6. The summed E-state index contributed by atoms with van der Waals surface area (Å²) < 4.78 is 34.0. The number of thioether (sulfide) groups is 1. The van der Waals surface area contributed by atoms with Crippen molar-refractivity contribution in [3.8, 4) is 17.1 Å². The zero-order valence-corrected chi connectivity index (χ0v) is 17.1. The maximum Gasteiger partial charge on any atom is 0.234 e.